The third-order valence-corrected chi connectivity index (χ3v) is 7.51. The number of aliphatic hydroxyl groups excluding tert-OH is 1. The van der Waals surface area contributed by atoms with E-state index in [1.54, 1.807) is 25.3 Å². The molecule has 0 unspecified atom stereocenters. The molecule has 1 saturated carbocycles. The SMILES string of the molecule is C[C@@H](O)CNC(=O)c1cccc(-c2ccc3nc(-c4cccnc4N)n(-c4ccc(C5(N)CCC5)cc4)c3n2)c1. The maximum absolute atomic E-state index is 12.6. The van der Waals surface area contributed by atoms with E-state index in [2.05, 4.69) is 22.4 Å². The first-order valence-electron chi connectivity index (χ1n) is 13.4. The summed E-state index contributed by atoms with van der Waals surface area (Å²) < 4.78 is 1.99. The molecule has 0 radical (unpaired) electrons. The van der Waals surface area contributed by atoms with Gasteiger partial charge in [-0.2, -0.15) is 0 Å². The van der Waals surface area contributed by atoms with Gasteiger partial charge in [-0.3, -0.25) is 9.36 Å². The van der Waals surface area contributed by atoms with Crippen molar-refractivity contribution in [3.8, 4) is 28.3 Å². The van der Waals surface area contributed by atoms with Crippen molar-refractivity contribution in [2.24, 2.45) is 5.73 Å². The number of imidazole rings is 1. The number of carbonyl (C=O) groups excluding carboxylic acids is 1. The molecule has 9 heteroatoms. The maximum Gasteiger partial charge on any atom is 0.251 e. The number of hydrogen-bond donors (Lipinski definition) is 4. The molecule has 0 bridgehead atoms. The minimum Gasteiger partial charge on any atom is -0.392 e. The van der Waals surface area contributed by atoms with Crippen LogP contribution < -0.4 is 16.8 Å². The molecular formula is C31H31N7O2. The minimum absolute atomic E-state index is 0.177. The van der Waals surface area contributed by atoms with E-state index in [0.29, 0.717) is 39.6 Å². The average molecular weight is 534 g/mol. The molecule has 1 amide bonds. The van der Waals surface area contributed by atoms with Crippen LogP contribution in [0.2, 0.25) is 0 Å². The van der Waals surface area contributed by atoms with Gasteiger partial charge < -0.3 is 21.9 Å². The number of aliphatic hydroxyl groups is 1. The number of hydrogen-bond acceptors (Lipinski definition) is 7. The van der Waals surface area contributed by atoms with Gasteiger partial charge in [0, 0.05) is 35.1 Å². The lowest BCUT2D eigenvalue weighted by Gasteiger charge is -2.38. The van der Waals surface area contributed by atoms with Crippen LogP contribution in [0.3, 0.4) is 0 Å². The molecule has 0 spiro atoms. The molecule has 1 fully saturated rings. The first-order chi connectivity index (χ1) is 19.3. The summed E-state index contributed by atoms with van der Waals surface area (Å²) in [6.45, 7) is 1.80. The zero-order valence-corrected chi connectivity index (χ0v) is 22.2. The highest BCUT2D eigenvalue weighted by Gasteiger charge is 2.34. The summed E-state index contributed by atoms with van der Waals surface area (Å²) in [4.78, 5) is 26.8. The van der Waals surface area contributed by atoms with Gasteiger partial charge in [-0.1, -0.05) is 24.3 Å². The van der Waals surface area contributed by atoms with Crippen molar-refractivity contribution in [2.45, 2.75) is 37.8 Å². The van der Waals surface area contributed by atoms with Crippen LogP contribution in [0, 0.1) is 0 Å². The number of benzene rings is 2. The molecule has 5 aromatic rings. The van der Waals surface area contributed by atoms with Crippen LogP contribution in [0.15, 0.2) is 79.0 Å². The zero-order chi connectivity index (χ0) is 27.9. The lowest BCUT2D eigenvalue weighted by Crippen LogP contribution is -2.43. The molecule has 6 rings (SSSR count). The number of nitrogen functional groups attached to an aromatic ring is 1. The van der Waals surface area contributed by atoms with Crippen LogP contribution in [-0.2, 0) is 5.54 Å². The van der Waals surface area contributed by atoms with E-state index in [0.717, 1.165) is 36.1 Å². The van der Waals surface area contributed by atoms with Gasteiger partial charge in [0.25, 0.3) is 5.91 Å². The summed E-state index contributed by atoms with van der Waals surface area (Å²) in [5, 5.41) is 12.3. The Hall–Kier alpha value is -4.60. The van der Waals surface area contributed by atoms with Crippen molar-refractivity contribution in [1.29, 1.82) is 0 Å². The number of carbonyl (C=O) groups is 1. The highest BCUT2D eigenvalue weighted by Crippen LogP contribution is 2.39. The fraction of sp³-hybridized carbons (Fsp3) is 0.226. The Balaban J connectivity index is 1.46. The first-order valence-corrected chi connectivity index (χ1v) is 13.4. The molecule has 1 aliphatic carbocycles. The van der Waals surface area contributed by atoms with Crippen molar-refractivity contribution in [3.63, 3.8) is 0 Å². The number of pyridine rings is 2. The van der Waals surface area contributed by atoms with Gasteiger partial charge in [-0.15, -0.1) is 0 Å². The Bertz CT molecular complexity index is 1710. The van der Waals surface area contributed by atoms with Crippen LogP contribution in [0.5, 0.6) is 0 Å². The van der Waals surface area contributed by atoms with Crippen LogP contribution >= 0.6 is 0 Å². The smallest absolute Gasteiger partial charge is 0.251 e. The van der Waals surface area contributed by atoms with E-state index in [9.17, 15) is 9.90 Å². The van der Waals surface area contributed by atoms with Gasteiger partial charge in [0.15, 0.2) is 11.5 Å². The number of nitrogens with two attached hydrogens (primary N) is 2. The van der Waals surface area contributed by atoms with Crippen molar-refractivity contribution >= 4 is 22.9 Å². The Morgan fingerprint density at radius 1 is 1.07 bits per heavy atom. The molecule has 1 atom stereocenters. The number of anilines is 1. The Labute approximate surface area is 231 Å². The van der Waals surface area contributed by atoms with Crippen LogP contribution in [0.1, 0.15) is 42.1 Å². The molecule has 3 heterocycles. The fourth-order valence-electron chi connectivity index (χ4n) is 5.10. The van der Waals surface area contributed by atoms with E-state index < -0.39 is 6.10 Å². The molecule has 40 heavy (non-hydrogen) atoms. The fourth-order valence-corrected chi connectivity index (χ4v) is 5.10. The van der Waals surface area contributed by atoms with Crippen LogP contribution in [-0.4, -0.2) is 43.2 Å². The monoisotopic (exact) mass is 533 g/mol. The third-order valence-electron chi connectivity index (χ3n) is 7.51. The molecule has 9 nitrogen and oxygen atoms in total. The molecular weight excluding hydrogens is 502 g/mol. The second-order valence-corrected chi connectivity index (χ2v) is 10.4. The topological polar surface area (TPSA) is 145 Å². The van der Waals surface area contributed by atoms with Gasteiger partial charge in [-0.05, 0) is 80.3 Å². The largest absolute Gasteiger partial charge is 0.392 e. The summed E-state index contributed by atoms with van der Waals surface area (Å²) in [5.74, 6) is 0.755. The van der Waals surface area contributed by atoms with E-state index in [-0.39, 0.29) is 18.0 Å². The number of fused-ring (bicyclic) bond motifs is 1. The van der Waals surface area contributed by atoms with Crippen LogP contribution in [0.4, 0.5) is 5.82 Å². The molecule has 3 aromatic heterocycles. The summed E-state index contributed by atoms with van der Waals surface area (Å²) in [6.07, 6.45) is 4.14. The standard InChI is InChI=1S/C31H31N7O2/c1-19(39)18-35-30(40)21-6-2-5-20(17-21)25-12-13-26-29(36-25)38(28(37-26)24-7-3-16-34-27(24)32)23-10-8-22(9-11-23)31(33)14-4-15-31/h2-3,5-13,16-17,19,39H,4,14-15,18,33H2,1H3,(H2,32,34)(H,35,40)/t19-/m1/s1. The normalized spacial score (nSPS) is 15.0. The molecule has 202 valence electrons. The Kier molecular flexibility index (Phi) is 6.53. The van der Waals surface area contributed by atoms with E-state index in [1.807, 2.05) is 53.1 Å². The van der Waals surface area contributed by atoms with E-state index >= 15 is 0 Å². The number of nitrogens with one attached hydrogen (secondary N) is 1. The predicted molar refractivity (Wildman–Crippen MR) is 156 cm³/mol. The summed E-state index contributed by atoms with van der Waals surface area (Å²) >= 11 is 0. The third kappa shape index (κ3) is 4.70. The number of rotatable bonds is 7. The summed E-state index contributed by atoms with van der Waals surface area (Å²) in [7, 11) is 0. The lowest BCUT2D eigenvalue weighted by molar-refractivity contribution is 0.0924. The van der Waals surface area contributed by atoms with Gasteiger partial charge in [0.2, 0.25) is 0 Å². The summed E-state index contributed by atoms with van der Waals surface area (Å²) in [6, 6.07) is 23.0. The number of amides is 1. The first kappa shape index (κ1) is 25.7. The highest BCUT2D eigenvalue weighted by atomic mass is 16.3. The molecule has 1 aliphatic rings. The number of aromatic nitrogens is 4. The quantitative estimate of drug-likeness (QED) is 0.246. The molecule has 0 saturated heterocycles. The minimum atomic E-state index is -0.627. The second kappa shape index (κ2) is 10.2. The Morgan fingerprint density at radius 3 is 2.58 bits per heavy atom. The van der Waals surface area contributed by atoms with Gasteiger partial charge >= 0.3 is 0 Å². The second-order valence-electron chi connectivity index (χ2n) is 10.4. The van der Waals surface area contributed by atoms with E-state index in [1.165, 1.54) is 0 Å². The van der Waals surface area contributed by atoms with Gasteiger partial charge in [-0.25, -0.2) is 15.0 Å². The predicted octanol–water partition coefficient (Wildman–Crippen LogP) is 4.18. The average Bonchev–Trinajstić information content (AvgIpc) is 3.33. The van der Waals surface area contributed by atoms with Crippen molar-refractivity contribution in [2.75, 3.05) is 12.3 Å². The van der Waals surface area contributed by atoms with Gasteiger partial charge in [0.1, 0.15) is 11.3 Å². The van der Waals surface area contributed by atoms with Crippen LogP contribution in [0.25, 0.3) is 39.5 Å². The van der Waals surface area contributed by atoms with Gasteiger partial charge in [0.05, 0.1) is 17.4 Å². The molecule has 2 aromatic carbocycles. The highest BCUT2D eigenvalue weighted by molar-refractivity contribution is 5.95. The van der Waals surface area contributed by atoms with Crippen molar-refractivity contribution in [3.05, 3.63) is 90.1 Å². The van der Waals surface area contributed by atoms with Crippen molar-refractivity contribution in [1.82, 2.24) is 24.8 Å². The molecule has 0 aliphatic heterocycles. The maximum atomic E-state index is 12.6. The lowest BCUT2D eigenvalue weighted by atomic mass is 9.73. The van der Waals surface area contributed by atoms with Crippen molar-refractivity contribution < 1.29 is 9.90 Å². The summed E-state index contributed by atoms with van der Waals surface area (Å²) in [5.41, 5.74) is 18.6. The Morgan fingerprint density at radius 2 is 1.88 bits per heavy atom. The number of nitrogens with zero attached hydrogens (tertiary/aromatic N) is 4. The zero-order valence-electron chi connectivity index (χ0n) is 22.2. The molecule has 6 N–H and O–H groups in total. The van der Waals surface area contributed by atoms with E-state index in [4.69, 9.17) is 21.4 Å².